The van der Waals surface area contributed by atoms with Crippen LogP contribution in [-0.4, -0.2) is 12.6 Å². The Balaban J connectivity index is 1.89. The van der Waals surface area contributed by atoms with Crippen molar-refractivity contribution in [1.29, 1.82) is 0 Å². The number of halogens is 1. The molecular formula is C16H23BrN2. The normalized spacial score (nSPS) is 24.3. The first-order valence-corrected chi connectivity index (χ1v) is 8.28. The lowest BCUT2D eigenvalue weighted by Crippen LogP contribution is -2.34. The molecule has 1 aromatic carbocycles. The summed E-state index contributed by atoms with van der Waals surface area (Å²) in [5.41, 5.74) is 9.42. The number of hydrogen-bond acceptors (Lipinski definition) is 2. The molecule has 1 atom stereocenters. The number of nitrogens with zero attached hydrogens (tertiary/aromatic N) is 1. The molecule has 0 amide bonds. The number of anilines is 2. The van der Waals surface area contributed by atoms with Gasteiger partial charge in [0.15, 0.2) is 0 Å². The van der Waals surface area contributed by atoms with Gasteiger partial charge >= 0.3 is 0 Å². The van der Waals surface area contributed by atoms with E-state index in [-0.39, 0.29) is 0 Å². The van der Waals surface area contributed by atoms with Gasteiger partial charge < -0.3 is 10.6 Å². The van der Waals surface area contributed by atoms with Gasteiger partial charge in [-0.2, -0.15) is 0 Å². The van der Waals surface area contributed by atoms with Crippen molar-refractivity contribution in [2.24, 2.45) is 5.92 Å². The highest BCUT2D eigenvalue weighted by Crippen LogP contribution is 2.41. The number of aryl methyl sites for hydroxylation is 1. The zero-order valence-electron chi connectivity index (χ0n) is 11.7. The van der Waals surface area contributed by atoms with Gasteiger partial charge in [0.2, 0.25) is 0 Å². The first kappa shape index (κ1) is 13.3. The molecule has 2 nitrogen and oxygen atoms in total. The van der Waals surface area contributed by atoms with Gasteiger partial charge in [-0.05, 0) is 72.2 Å². The van der Waals surface area contributed by atoms with Crippen LogP contribution in [0, 0.1) is 12.8 Å². The molecule has 1 aliphatic carbocycles. The Kier molecular flexibility index (Phi) is 3.75. The molecule has 1 heterocycles. The smallest absolute Gasteiger partial charge is 0.0517 e. The average Bonchev–Trinajstić information content (AvgIpc) is 3.03. The van der Waals surface area contributed by atoms with Crippen LogP contribution >= 0.6 is 15.9 Å². The van der Waals surface area contributed by atoms with Crippen LogP contribution in [0.2, 0.25) is 0 Å². The molecule has 2 N–H and O–H groups in total. The van der Waals surface area contributed by atoms with Gasteiger partial charge in [-0.15, -0.1) is 0 Å². The maximum atomic E-state index is 6.00. The fraction of sp³-hybridized carbons (Fsp3) is 0.625. The first-order chi connectivity index (χ1) is 9.16. The molecule has 1 aliphatic heterocycles. The maximum absolute atomic E-state index is 6.00. The summed E-state index contributed by atoms with van der Waals surface area (Å²) in [6.45, 7) is 3.30. The third kappa shape index (κ3) is 2.49. The van der Waals surface area contributed by atoms with Crippen molar-refractivity contribution in [3.8, 4) is 0 Å². The summed E-state index contributed by atoms with van der Waals surface area (Å²) in [7, 11) is 0. The molecule has 0 bridgehead atoms. The molecule has 1 saturated heterocycles. The van der Waals surface area contributed by atoms with Crippen LogP contribution in [0.4, 0.5) is 11.4 Å². The monoisotopic (exact) mass is 322 g/mol. The van der Waals surface area contributed by atoms with Crippen LogP contribution in [0.25, 0.3) is 0 Å². The van der Waals surface area contributed by atoms with Crippen molar-refractivity contribution < 1.29 is 0 Å². The molecule has 2 fully saturated rings. The van der Waals surface area contributed by atoms with Gasteiger partial charge in [0.05, 0.1) is 5.69 Å². The van der Waals surface area contributed by atoms with E-state index in [2.05, 4.69) is 39.9 Å². The fourth-order valence-corrected chi connectivity index (χ4v) is 4.41. The van der Waals surface area contributed by atoms with E-state index in [1.807, 2.05) is 0 Å². The molecule has 0 spiro atoms. The number of rotatable bonds is 2. The van der Waals surface area contributed by atoms with Crippen molar-refractivity contribution in [3.63, 3.8) is 0 Å². The van der Waals surface area contributed by atoms with Gasteiger partial charge in [0.25, 0.3) is 0 Å². The number of nitrogen functional groups attached to an aromatic ring is 1. The average molecular weight is 323 g/mol. The van der Waals surface area contributed by atoms with E-state index in [9.17, 15) is 0 Å². The molecule has 1 aromatic rings. The van der Waals surface area contributed by atoms with Gasteiger partial charge in [-0.1, -0.05) is 12.8 Å². The summed E-state index contributed by atoms with van der Waals surface area (Å²) in [5.74, 6) is 0.909. The number of benzene rings is 1. The minimum atomic E-state index is 0.752. The van der Waals surface area contributed by atoms with E-state index in [1.54, 1.807) is 0 Å². The van der Waals surface area contributed by atoms with Gasteiger partial charge in [-0.3, -0.25) is 0 Å². The third-order valence-corrected chi connectivity index (χ3v) is 5.52. The van der Waals surface area contributed by atoms with E-state index < -0.39 is 0 Å². The van der Waals surface area contributed by atoms with Crippen LogP contribution in [0.5, 0.6) is 0 Å². The Labute approximate surface area is 124 Å². The zero-order valence-corrected chi connectivity index (χ0v) is 13.2. The molecular weight excluding hydrogens is 300 g/mol. The highest BCUT2D eigenvalue weighted by molar-refractivity contribution is 9.10. The fourth-order valence-electron chi connectivity index (χ4n) is 3.83. The van der Waals surface area contributed by atoms with Gasteiger partial charge in [0.1, 0.15) is 0 Å². The van der Waals surface area contributed by atoms with Gasteiger partial charge in [0, 0.05) is 22.7 Å². The molecule has 104 valence electrons. The van der Waals surface area contributed by atoms with Crippen LogP contribution in [0.3, 0.4) is 0 Å². The SMILES string of the molecule is Cc1cc(N2CCCC2C2CCCC2)c(Br)cc1N. The molecule has 3 rings (SSSR count). The highest BCUT2D eigenvalue weighted by Gasteiger charge is 2.34. The van der Waals surface area contributed by atoms with Crippen molar-refractivity contribution in [3.05, 3.63) is 22.2 Å². The molecule has 0 aromatic heterocycles. The van der Waals surface area contributed by atoms with E-state index in [1.165, 1.54) is 56.3 Å². The highest BCUT2D eigenvalue weighted by atomic mass is 79.9. The van der Waals surface area contributed by atoms with Crippen LogP contribution < -0.4 is 10.6 Å². The molecule has 1 unspecified atom stereocenters. The maximum Gasteiger partial charge on any atom is 0.0517 e. The Bertz CT molecular complexity index is 466. The summed E-state index contributed by atoms with van der Waals surface area (Å²) in [5, 5.41) is 0. The van der Waals surface area contributed by atoms with Crippen molar-refractivity contribution in [2.45, 2.75) is 51.5 Å². The van der Waals surface area contributed by atoms with E-state index in [4.69, 9.17) is 5.73 Å². The number of hydrogen-bond donors (Lipinski definition) is 1. The van der Waals surface area contributed by atoms with Crippen LogP contribution in [0.1, 0.15) is 44.1 Å². The largest absolute Gasteiger partial charge is 0.398 e. The predicted molar refractivity (Wildman–Crippen MR) is 85.6 cm³/mol. The second-order valence-corrected chi connectivity index (χ2v) is 6.96. The lowest BCUT2D eigenvalue weighted by molar-refractivity contribution is 0.430. The zero-order chi connectivity index (χ0) is 13.4. The Morgan fingerprint density at radius 1 is 1.16 bits per heavy atom. The molecule has 2 aliphatic rings. The minimum absolute atomic E-state index is 0.752. The standard InChI is InChI=1S/C16H23BrN2/c1-11-9-16(13(17)10-14(11)18)19-8-4-7-15(19)12-5-2-3-6-12/h9-10,12,15H,2-8,18H2,1H3. The van der Waals surface area contributed by atoms with E-state index in [0.717, 1.165) is 22.1 Å². The molecule has 19 heavy (non-hydrogen) atoms. The van der Waals surface area contributed by atoms with Crippen molar-refractivity contribution >= 4 is 27.3 Å². The quantitative estimate of drug-likeness (QED) is 0.812. The summed E-state index contributed by atoms with van der Waals surface area (Å²) in [6.07, 6.45) is 8.39. The minimum Gasteiger partial charge on any atom is -0.398 e. The van der Waals surface area contributed by atoms with Crippen LogP contribution in [0.15, 0.2) is 16.6 Å². The van der Waals surface area contributed by atoms with Crippen molar-refractivity contribution in [2.75, 3.05) is 17.2 Å². The molecule has 0 radical (unpaired) electrons. The summed E-state index contributed by atoms with van der Waals surface area (Å²) >= 11 is 3.71. The van der Waals surface area contributed by atoms with Gasteiger partial charge in [-0.25, -0.2) is 0 Å². The molecule has 3 heteroatoms. The predicted octanol–water partition coefficient (Wildman–Crippen LogP) is 4.50. The molecule has 1 saturated carbocycles. The topological polar surface area (TPSA) is 29.3 Å². The van der Waals surface area contributed by atoms with Crippen LogP contribution in [-0.2, 0) is 0 Å². The summed E-state index contributed by atoms with van der Waals surface area (Å²) in [4.78, 5) is 2.63. The second-order valence-electron chi connectivity index (χ2n) is 6.11. The van der Waals surface area contributed by atoms with E-state index in [0.29, 0.717) is 0 Å². The Morgan fingerprint density at radius 3 is 2.63 bits per heavy atom. The lowest BCUT2D eigenvalue weighted by Gasteiger charge is -2.32. The van der Waals surface area contributed by atoms with E-state index >= 15 is 0 Å². The van der Waals surface area contributed by atoms with Crippen molar-refractivity contribution in [1.82, 2.24) is 0 Å². The first-order valence-electron chi connectivity index (χ1n) is 7.49. The Hall–Kier alpha value is -0.700. The Morgan fingerprint density at radius 2 is 1.89 bits per heavy atom. The third-order valence-electron chi connectivity index (χ3n) is 4.89. The second kappa shape index (κ2) is 5.35. The number of nitrogens with two attached hydrogens (primary N) is 1. The summed E-state index contributed by atoms with van der Waals surface area (Å²) in [6, 6.07) is 5.07. The lowest BCUT2D eigenvalue weighted by atomic mass is 9.95. The summed E-state index contributed by atoms with van der Waals surface area (Å²) < 4.78 is 1.15.